The monoisotopic (exact) mass is 450 g/mol. The molecule has 0 saturated heterocycles. The molecule has 1 amide bonds. The largest absolute Gasteiger partial charge is 0.351 e. The first-order valence-corrected chi connectivity index (χ1v) is 11.9. The molecular weight excluding hydrogens is 420 g/mol. The van der Waals surface area contributed by atoms with E-state index in [-0.39, 0.29) is 35.2 Å². The second-order valence-electron chi connectivity index (χ2n) is 8.32. The summed E-state index contributed by atoms with van der Waals surface area (Å²) < 4.78 is 28.0. The van der Waals surface area contributed by atoms with Gasteiger partial charge in [-0.25, -0.2) is 8.42 Å². The molecule has 0 fully saturated rings. The SMILES string of the molecule is Cc1ccc(N(CC(=O)NC(C(C)C)C(C)C)S(=O)(=O)c2ccc(Cl)cc2)cc1C. The number of anilines is 1. The van der Waals surface area contributed by atoms with Gasteiger partial charge in [0, 0.05) is 11.1 Å². The lowest BCUT2D eigenvalue weighted by Gasteiger charge is -2.29. The molecule has 0 radical (unpaired) electrons. The van der Waals surface area contributed by atoms with E-state index in [1.165, 1.54) is 24.3 Å². The molecule has 5 nitrogen and oxygen atoms in total. The second-order valence-corrected chi connectivity index (χ2v) is 10.6. The lowest BCUT2D eigenvalue weighted by molar-refractivity contribution is -0.121. The van der Waals surface area contributed by atoms with E-state index < -0.39 is 10.0 Å². The van der Waals surface area contributed by atoms with Crippen molar-refractivity contribution >= 4 is 33.2 Å². The van der Waals surface area contributed by atoms with E-state index >= 15 is 0 Å². The topological polar surface area (TPSA) is 66.5 Å². The number of carbonyl (C=O) groups excluding carboxylic acids is 1. The molecule has 2 aromatic rings. The second kappa shape index (κ2) is 9.84. The fraction of sp³-hybridized carbons (Fsp3) is 0.435. The molecular formula is C23H31ClN2O3S. The lowest BCUT2D eigenvalue weighted by Crippen LogP contribution is -2.47. The smallest absolute Gasteiger partial charge is 0.264 e. The molecule has 0 bridgehead atoms. The van der Waals surface area contributed by atoms with Gasteiger partial charge in [0.25, 0.3) is 10.0 Å². The van der Waals surface area contributed by atoms with Crippen LogP contribution in [-0.4, -0.2) is 26.9 Å². The Morgan fingerprint density at radius 2 is 1.53 bits per heavy atom. The summed E-state index contributed by atoms with van der Waals surface area (Å²) in [5.74, 6) is 0.131. The Balaban J connectivity index is 2.45. The molecule has 1 N–H and O–H groups in total. The number of nitrogens with one attached hydrogen (secondary N) is 1. The molecule has 7 heteroatoms. The maximum atomic E-state index is 13.4. The predicted molar refractivity (Wildman–Crippen MR) is 124 cm³/mol. The number of hydrogen-bond acceptors (Lipinski definition) is 3. The van der Waals surface area contributed by atoms with Crippen LogP contribution >= 0.6 is 11.6 Å². The average molecular weight is 451 g/mol. The Morgan fingerprint density at radius 1 is 0.967 bits per heavy atom. The normalized spacial score (nSPS) is 11.9. The van der Waals surface area contributed by atoms with Crippen molar-refractivity contribution in [3.63, 3.8) is 0 Å². The number of carbonyl (C=O) groups is 1. The highest BCUT2D eigenvalue weighted by molar-refractivity contribution is 7.92. The van der Waals surface area contributed by atoms with Crippen molar-refractivity contribution in [2.45, 2.75) is 52.5 Å². The molecule has 0 unspecified atom stereocenters. The van der Waals surface area contributed by atoms with Gasteiger partial charge in [-0.05, 0) is 73.2 Å². The summed E-state index contributed by atoms with van der Waals surface area (Å²) in [6.45, 7) is 11.7. The van der Waals surface area contributed by atoms with Crippen LogP contribution in [-0.2, 0) is 14.8 Å². The van der Waals surface area contributed by atoms with E-state index in [1.54, 1.807) is 12.1 Å². The molecule has 0 saturated carbocycles. The molecule has 164 valence electrons. The summed E-state index contributed by atoms with van der Waals surface area (Å²) in [6.07, 6.45) is 0. The van der Waals surface area contributed by atoms with Crippen LogP contribution in [0.4, 0.5) is 5.69 Å². The van der Waals surface area contributed by atoms with Crippen LogP contribution in [0.25, 0.3) is 0 Å². The van der Waals surface area contributed by atoms with Crippen LogP contribution < -0.4 is 9.62 Å². The quantitative estimate of drug-likeness (QED) is 0.618. The number of nitrogens with zero attached hydrogens (tertiary/aromatic N) is 1. The third kappa shape index (κ3) is 5.76. The molecule has 0 aliphatic carbocycles. The predicted octanol–water partition coefficient (Wildman–Crippen LogP) is 4.95. The number of amides is 1. The fourth-order valence-corrected chi connectivity index (χ4v) is 4.93. The van der Waals surface area contributed by atoms with Gasteiger partial charge in [-0.1, -0.05) is 45.4 Å². The highest BCUT2D eigenvalue weighted by Gasteiger charge is 2.29. The number of aryl methyl sites for hydroxylation is 2. The van der Waals surface area contributed by atoms with Gasteiger partial charge in [0.1, 0.15) is 6.54 Å². The fourth-order valence-electron chi connectivity index (χ4n) is 3.39. The van der Waals surface area contributed by atoms with Crippen molar-refractivity contribution < 1.29 is 13.2 Å². The molecule has 0 heterocycles. The van der Waals surface area contributed by atoms with E-state index in [1.807, 2.05) is 47.6 Å². The van der Waals surface area contributed by atoms with Crippen molar-refractivity contribution in [2.75, 3.05) is 10.8 Å². The van der Waals surface area contributed by atoms with Gasteiger partial charge in [0.15, 0.2) is 0 Å². The molecule has 0 spiro atoms. The zero-order valence-corrected chi connectivity index (χ0v) is 20.0. The van der Waals surface area contributed by atoms with Crippen LogP contribution in [0.5, 0.6) is 0 Å². The molecule has 2 aromatic carbocycles. The number of rotatable bonds is 8. The number of hydrogen-bond donors (Lipinski definition) is 1. The molecule has 0 aliphatic rings. The average Bonchev–Trinajstić information content (AvgIpc) is 2.66. The van der Waals surface area contributed by atoms with Gasteiger partial charge in [0.05, 0.1) is 10.6 Å². The van der Waals surface area contributed by atoms with Crippen molar-refractivity contribution in [1.82, 2.24) is 5.32 Å². The van der Waals surface area contributed by atoms with Crippen molar-refractivity contribution in [3.8, 4) is 0 Å². The van der Waals surface area contributed by atoms with Crippen molar-refractivity contribution in [1.29, 1.82) is 0 Å². The minimum Gasteiger partial charge on any atom is -0.351 e. The Kier molecular flexibility index (Phi) is 7.94. The summed E-state index contributed by atoms with van der Waals surface area (Å²) in [7, 11) is -3.96. The minimum atomic E-state index is -3.96. The minimum absolute atomic E-state index is 0.0441. The highest BCUT2D eigenvalue weighted by Crippen LogP contribution is 2.26. The maximum absolute atomic E-state index is 13.4. The molecule has 30 heavy (non-hydrogen) atoms. The first-order chi connectivity index (χ1) is 13.9. The zero-order chi connectivity index (χ0) is 22.6. The third-order valence-electron chi connectivity index (χ3n) is 5.23. The van der Waals surface area contributed by atoms with Gasteiger partial charge >= 0.3 is 0 Å². The highest BCUT2D eigenvalue weighted by atomic mass is 35.5. The number of halogens is 1. The van der Waals surface area contributed by atoms with Crippen LogP contribution in [0.1, 0.15) is 38.8 Å². The Morgan fingerprint density at radius 3 is 2.03 bits per heavy atom. The Bertz CT molecular complexity index is 978. The van der Waals surface area contributed by atoms with Gasteiger partial charge in [0.2, 0.25) is 5.91 Å². The molecule has 2 rings (SSSR count). The van der Waals surface area contributed by atoms with Crippen molar-refractivity contribution in [3.05, 3.63) is 58.6 Å². The Hall–Kier alpha value is -2.05. The molecule has 0 atom stereocenters. The van der Waals surface area contributed by atoms with Crippen LogP contribution in [0, 0.1) is 25.7 Å². The third-order valence-corrected chi connectivity index (χ3v) is 7.27. The van der Waals surface area contributed by atoms with E-state index in [4.69, 9.17) is 11.6 Å². The summed E-state index contributed by atoms with van der Waals surface area (Å²) in [5.41, 5.74) is 2.45. The van der Waals surface area contributed by atoms with Crippen molar-refractivity contribution in [2.24, 2.45) is 11.8 Å². The Labute approximate surface area is 185 Å². The summed E-state index contributed by atoms with van der Waals surface area (Å²) in [4.78, 5) is 13.0. The van der Waals surface area contributed by atoms with Crippen LogP contribution in [0.3, 0.4) is 0 Å². The van der Waals surface area contributed by atoms with Crippen LogP contribution in [0.15, 0.2) is 47.4 Å². The van der Waals surface area contributed by atoms with E-state index in [9.17, 15) is 13.2 Å². The summed E-state index contributed by atoms with van der Waals surface area (Å²) >= 11 is 5.92. The first-order valence-electron chi connectivity index (χ1n) is 10.1. The molecule has 0 aromatic heterocycles. The molecule has 0 aliphatic heterocycles. The standard InChI is InChI=1S/C23H31ClN2O3S/c1-15(2)23(16(3)4)25-22(27)14-26(20-10-7-17(5)18(6)13-20)30(28,29)21-11-8-19(24)9-12-21/h7-13,15-16,23H,14H2,1-6H3,(H,25,27). The van der Waals surface area contributed by atoms with E-state index in [0.717, 1.165) is 15.4 Å². The number of sulfonamides is 1. The van der Waals surface area contributed by atoms with Gasteiger partial charge in [-0.15, -0.1) is 0 Å². The van der Waals surface area contributed by atoms with E-state index in [0.29, 0.717) is 10.7 Å². The maximum Gasteiger partial charge on any atom is 0.264 e. The van der Waals surface area contributed by atoms with Gasteiger partial charge in [-0.3, -0.25) is 9.10 Å². The lowest BCUT2D eigenvalue weighted by atomic mass is 9.93. The zero-order valence-electron chi connectivity index (χ0n) is 18.4. The van der Waals surface area contributed by atoms with E-state index in [2.05, 4.69) is 5.32 Å². The number of benzene rings is 2. The summed E-state index contributed by atoms with van der Waals surface area (Å²) in [6, 6.07) is 11.3. The van der Waals surface area contributed by atoms with Gasteiger partial charge in [-0.2, -0.15) is 0 Å². The first kappa shape index (κ1) is 24.2. The summed E-state index contributed by atoms with van der Waals surface area (Å²) in [5, 5.41) is 3.45. The van der Waals surface area contributed by atoms with Crippen LogP contribution in [0.2, 0.25) is 5.02 Å². The van der Waals surface area contributed by atoms with Gasteiger partial charge < -0.3 is 5.32 Å².